The zero-order chi connectivity index (χ0) is 22.5. The number of amidine groups is 1. The monoisotopic (exact) mass is 425 g/mol. The summed E-state index contributed by atoms with van der Waals surface area (Å²) in [5, 5.41) is 25.8. The Morgan fingerprint density at radius 3 is 2.19 bits per heavy atom. The molecule has 0 fully saturated rings. The Bertz CT molecular complexity index is 1220. The van der Waals surface area contributed by atoms with Crippen LogP contribution in [0.2, 0.25) is 0 Å². The molecule has 10 nitrogen and oxygen atoms in total. The van der Waals surface area contributed by atoms with Gasteiger partial charge in [0.05, 0.1) is 5.52 Å². The van der Waals surface area contributed by atoms with Crippen molar-refractivity contribution in [3.8, 4) is 11.5 Å². The second-order valence-electron chi connectivity index (χ2n) is 6.51. The number of aromatic nitrogens is 1. The Morgan fingerprint density at radius 1 is 1.00 bits per heavy atom. The number of hydrogen-bond donors (Lipinski definition) is 4. The van der Waals surface area contributed by atoms with E-state index in [0.29, 0.717) is 17.1 Å². The number of benzene rings is 2. The molecule has 0 spiro atoms. The molecule has 10 heteroatoms. The third-order valence-corrected chi connectivity index (χ3v) is 4.37. The van der Waals surface area contributed by atoms with Crippen molar-refractivity contribution in [2.45, 2.75) is 6.54 Å². The lowest BCUT2D eigenvalue weighted by atomic mass is 10.1. The fraction of sp³-hybridized carbons (Fsp3) is 0.143. The molecule has 0 radical (unpaired) electrons. The lowest BCUT2D eigenvalue weighted by molar-refractivity contribution is -0.137. The van der Waals surface area contributed by atoms with Crippen LogP contribution in [0.25, 0.3) is 10.9 Å². The normalized spacial score (nSPS) is 10.6. The molecule has 31 heavy (non-hydrogen) atoms. The minimum Gasteiger partial charge on any atom is -0.490 e. The molecule has 0 amide bonds. The molecule has 1 aromatic heterocycles. The molecule has 0 saturated carbocycles. The van der Waals surface area contributed by atoms with E-state index < -0.39 is 29.5 Å². The molecule has 0 aliphatic heterocycles. The third kappa shape index (κ3) is 4.99. The van der Waals surface area contributed by atoms with E-state index in [1.54, 1.807) is 24.3 Å². The van der Waals surface area contributed by atoms with Gasteiger partial charge in [0, 0.05) is 23.2 Å². The first-order chi connectivity index (χ1) is 14.8. The van der Waals surface area contributed by atoms with E-state index in [2.05, 4.69) is 0 Å². The van der Waals surface area contributed by atoms with Crippen LogP contribution >= 0.6 is 0 Å². The number of nitrogens with zero attached hydrogens (tertiary/aromatic N) is 1. The molecular weight excluding hydrogens is 406 g/mol. The average Bonchev–Trinajstić information content (AvgIpc) is 2.73. The van der Waals surface area contributed by atoms with Crippen molar-refractivity contribution in [3.05, 3.63) is 70.0 Å². The lowest BCUT2D eigenvalue weighted by Gasteiger charge is -2.13. The molecule has 160 valence electrons. The van der Waals surface area contributed by atoms with Crippen molar-refractivity contribution in [1.29, 1.82) is 5.41 Å². The fourth-order valence-corrected chi connectivity index (χ4v) is 2.94. The van der Waals surface area contributed by atoms with E-state index in [1.165, 1.54) is 22.8 Å². The molecule has 0 bridgehead atoms. The second kappa shape index (κ2) is 8.99. The Labute approximate surface area is 175 Å². The number of nitrogens with two attached hydrogens (primary N) is 1. The molecule has 0 unspecified atom stereocenters. The molecule has 3 rings (SSSR count). The van der Waals surface area contributed by atoms with Crippen LogP contribution in [-0.2, 0) is 11.3 Å². The van der Waals surface area contributed by atoms with Gasteiger partial charge in [-0.25, -0.2) is 4.79 Å². The van der Waals surface area contributed by atoms with Crippen molar-refractivity contribution in [3.63, 3.8) is 0 Å². The molecule has 3 aromatic rings. The van der Waals surface area contributed by atoms with Gasteiger partial charge in [-0.1, -0.05) is 0 Å². The Morgan fingerprint density at radius 2 is 1.61 bits per heavy atom. The number of aliphatic carboxylic acids is 1. The highest BCUT2D eigenvalue weighted by molar-refractivity contribution is 5.95. The van der Waals surface area contributed by atoms with Crippen LogP contribution in [0.1, 0.15) is 15.9 Å². The van der Waals surface area contributed by atoms with Crippen LogP contribution in [0.5, 0.6) is 11.5 Å². The first-order valence-electron chi connectivity index (χ1n) is 9.08. The second-order valence-corrected chi connectivity index (χ2v) is 6.51. The van der Waals surface area contributed by atoms with E-state index in [-0.39, 0.29) is 30.0 Å². The van der Waals surface area contributed by atoms with Gasteiger partial charge < -0.3 is 30.0 Å². The third-order valence-electron chi connectivity index (χ3n) is 4.37. The van der Waals surface area contributed by atoms with Crippen LogP contribution < -0.4 is 20.6 Å². The van der Waals surface area contributed by atoms with Crippen LogP contribution in [0.3, 0.4) is 0 Å². The summed E-state index contributed by atoms with van der Waals surface area (Å²) in [6.45, 7) is -0.145. The van der Waals surface area contributed by atoms with Crippen molar-refractivity contribution >= 4 is 28.7 Å². The van der Waals surface area contributed by atoms with Gasteiger partial charge in [-0.3, -0.25) is 15.0 Å². The van der Waals surface area contributed by atoms with E-state index in [1.807, 2.05) is 0 Å². The maximum Gasteiger partial charge on any atom is 0.341 e. The fourth-order valence-electron chi connectivity index (χ4n) is 2.94. The summed E-state index contributed by atoms with van der Waals surface area (Å²) < 4.78 is 12.4. The summed E-state index contributed by atoms with van der Waals surface area (Å²) in [5.41, 5.74) is 5.02. The standard InChI is InChI=1S/C21H19N3O7/c22-20(23)12-1-3-13(4-2-12)30-7-8-31-14-5-6-15-17(9-14)24(11-18(25)26)10-16(19(15)27)21(28)29/h1-6,9-10H,7-8,11H2,(H3,22,23)(H,25,26)(H,28,29). The molecular formula is C21H19N3O7. The largest absolute Gasteiger partial charge is 0.490 e. The number of carboxylic acids is 2. The summed E-state index contributed by atoms with van der Waals surface area (Å²) in [6.07, 6.45) is 1.01. The van der Waals surface area contributed by atoms with E-state index in [9.17, 15) is 19.5 Å². The zero-order valence-corrected chi connectivity index (χ0v) is 16.2. The number of hydrogen-bond acceptors (Lipinski definition) is 6. The van der Waals surface area contributed by atoms with Crippen molar-refractivity contribution < 1.29 is 29.3 Å². The summed E-state index contributed by atoms with van der Waals surface area (Å²) in [7, 11) is 0. The van der Waals surface area contributed by atoms with Gasteiger partial charge in [-0.2, -0.15) is 0 Å². The van der Waals surface area contributed by atoms with Gasteiger partial charge in [-0.15, -0.1) is 0 Å². The SMILES string of the molecule is N=C(N)c1ccc(OCCOc2ccc3c(=O)c(C(=O)O)cn(CC(=O)O)c3c2)cc1. The molecule has 0 saturated heterocycles. The van der Waals surface area contributed by atoms with Crippen LogP contribution in [-0.4, -0.2) is 45.8 Å². The van der Waals surface area contributed by atoms with Crippen LogP contribution in [0, 0.1) is 5.41 Å². The van der Waals surface area contributed by atoms with Gasteiger partial charge >= 0.3 is 11.9 Å². The highest BCUT2D eigenvalue weighted by Crippen LogP contribution is 2.20. The molecule has 0 aliphatic rings. The molecule has 0 aliphatic carbocycles. The predicted molar refractivity (Wildman–Crippen MR) is 111 cm³/mol. The molecule has 1 heterocycles. The molecule has 2 aromatic carbocycles. The van der Waals surface area contributed by atoms with Gasteiger partial charge in [0.2, 0.25) is 5.43 Å². The van der Waals surface area contributed by atoms with Crippen LogP contribution in [0.4, 0.5) is 0 Å². The van der Waals surface area contributed by atoms with E-state index >= 15 is 0 Å². The predicted octanol–water partition coefficient (Wildman–Crippen LogP) is 1.53. The number of carboxylic acid groups (broad SMARTS) is 2. The quantitative estimate of drug-likeness (QED) is 0.228. The minimum absolute atomic E-state index is 0.0389. The number of nitrogens with one attached hydrogen (secondary N) is 1. The van der Waals surface area contributed by atoms with Gasteiger partial charge in [0.1, 0.15) is 42.7 Å². The number of pyridine rings is 1. The summed E-state index contributed by atoms with van der Waals surface area (Å²) in [6, 6.07) is 11.1. The summed E-state index contributed by atoms with van der Waals surface area (Å²) in [4.78, 5) is 34.8. The van der Waals surface area contributed by atoms with Gasteiger partial charge in [0.25, 0.3) is 0 Å². The maximum absolute atomic E-state index is 12.4. The zero-order valence-electron chi connectivity index (χ0n) is 16.2. The van der Waals surface area contributed by atoms with Crippen molar-refractivity contribution in [1.82, 2.24) is 4.57 Å². The average molecular weight is 425 g/mol. The highest BCUT2D eigenvalue weighted by atomic mass is 16.5. The number of nitrogen functional groups attached to an aromatic ring is 1. The minimum atomic E-state index is -1.43. The van der Waals surface area contributed by atoms with Crippen molar-refractivity contribution in [2.24, 2.45) is 5.73 Å². The Balaban J connectivity index is 1.74. The lowest BCUT2D eigenvalue weighted by Crippen LogP contribution is -2.21. The highest BCUT2D eigenvalue weighted by Gasteiger charge is 2.16. The first kappa shape index (κ1) is 21.4. The van der Waals surface area contributed by atoms with Crippen LogP contribution in [0.15, 0.2) is 53.5 Å². The smallest absolute Gasteiger partial charge is 0.341 e. The first-order valence-corrected chi connectivity index (χ1v) is 9.08. The molecule has 0 atom stereocenters. The Hall–Kier alpha value is -4.34. The molecule has 5 N–H and O–H groups in total. The van der Waals surface area contributed by atoms with E-state index in [4.69, 9.17) is 25.7 Å². The number of fused-ring (bicyclic) bond motifs is 1. The van der Waals surface area contributed by atoms with Gasteiger partial charge in [-0.05, 0) is 36.4 Å². The number of aromatic carboxylic acids is 1. The van der Waals surface area contributed by atoms with Crippen molar-refractivity contribution in [2.75, 3.05) is 13.2 Å². The topological polar surface area (TPSA) is 165 Å². The van der Waals surface area contributed by atoms with Gasteiger partial charge in [0.15, 0.2) is 0 Å². The number of carbonyl (C=O) groups is 2. The summed E-state index contributed by atoms with van der Waals surface area (Å²) in [5.74, 6) is -1.71. The number of rotatable bonds is 9. The maximum atomic E-state index is 12.4. The summed E-state index contributed by atoms with van der Waals surface area (Å²) >= 11 is 0. The Kier molecular flexibility index (Phi) is 6.20. The van der Waals surface area contributed by atoms with E-state index in [0.717, 1.165) is 6.20 Å². The number of ether oxygens (including phenoxy) is 2.